The Hall–Kier alpha value is -1.67. The Morgan fingerprint density at radius 1 is 1.00 bits per heavy atom. The van der Waals surface area contributed by atoms with Crippen molar-refractivity contribution in [1.82, 2.24) is 5.32 Å². The second kappa shape index (κ2) is 6.48. The Morgan fingerprint density at radius 2 is 1.63 bits per heavy atom. The molecule has 0 aliphatic rings. The minimum Gasteiger partial charge on any atom is -0.303 e. The zero-order valence-electron chi connectivity index (χ0n) is 11.4. The van der Waals surface area contributed by atoms with Gasteiger partial charge in [0.05, 0.1) is 0 Å². The van der Waals surface area contributed by atoms with E-state index in [9.17, 15) is 4.39 Å². The highest BCUT2D eigenvalue weighted by molar-refractivity contribution is 5.23. The van der Waals surface area contributed by atoms with Crippen LogP contribution in [0.2, 0.25) is 0 Å². The number of hydrogen-bond donors (Lipinski definition) is 1. The van der Waals surface area contributed by atoms with Crippen LogP contribution in [0.1, 0.15) is 43.5 Å². The van der Waals surface area contributed by atoms with Crippen molar-refractivity contribution in [2.75, 3.05) is 0 Å². The maximum absolute atomic E-state index is 13.8. The molecule has 0 saturated carbocycles. The summed E-state index contributed by atoms with van der Waals surface area (Å²) in [6.45, 7) is 4.18. The predicted molar refractivity (Wildman–Crippen MR) is 77.4 cm³/mol. The highest BCUT2D eigenvalue weighted by Gasteiger charge is 2.16. The van der Waals surface area contributed by atoms with E-state index in [1.54, 1.807) is 6.07 Å². The SMILES string of the molecule is CCC(NC(C)c1ccccc1)c1ccccc1F. The molecule has 0 fully saturated rings. The number of rotatable bonds is 5. The molecule has 0 saturated heterocycles. The monoisotopic (exact) mass is 257 g/mol. The van der Waals surface area contributed by atoms with Crippen molar-refractivity contribution < 1.29 is 4.39 Å². The van der Waals surface area contributed by atoms with Gasteiger partial charge in [-0.1, -0.05) is 55.5 Å². The van der Waals surface area contributed by atoms with Crippen molar-refractivity contribution in [3.8, 4) is 0 Å². The molecule has 0 bridgehead atoms. The van der Waals surface area contributed by atoms with Gasteiger partial charge >= 0.3 is 0 Å². The van der Waals surface area contributed by atoms with Crippen molar-refractivity contribution in [3.05, 3.63) is 71.5 Å². The largest absolute Gasteiger partial charge is 0.303 e. The first-order valence-corrected chi connectivity index (χ1v) is 6.77. The molecule has 19 heavy (non-hydrogen) atoms. The maximum atomic E-state index is 13.8. The summed E-state index contributed by atoms with van der Waals surface area (Å²) >= 11 is 0. The third kappa shape index (κ3) is 3.42. The van der Waals surface area contributed by atoms with Crippen LogP contribution in [0.15, 0.2) is 54.6 Å². The molecule has 0 heterocycles. The molecule has 0 radical (unpaired) electrons. The molecule has 2 aromatic carbocycles. The van der Waals surface area contributed by atoms with Crippen LogP contribution in [-0.2, 0) is 0 Å². The van der Waals surface area contributed by atoms with Crippen molar-refractivity contribution in [2.45, 2.75) is 32.4 Å². The first-order valence-electron chi connectivity index (χ1n) is 6.77. The lowest BCUT2D eigenvalue weighted by Gasteiger charge is -2.23. The Balaban J connectivity index is 2.14. The molecule has 2 aromatic rings. The van der Waals surface area contributed by atoms with Gasteiger partial charge in [-0.15, -0.1) is 0 Å². The van der Waals surface area contributed by atoms with Gasteiger partial charge in [-0.3, -0.25) is 0 Å². The first-order chi connectivity index (χ1) is 9.22. The number of hydrogen-bond acceptors (Lipinski definition) is 1. The van der Waals surface area contributed by atoms with E-state index in [-0.39, 0.29) is 17.9 Å². The van der Waals surface area contributed by atoms with Crippen LogP contribution in [-0.4, -0.2) is 0 Å². The summed E-state index contributed by atoms with van der Waals surface area (Å²) in [5.41, 5.74) is 1.96. The topological polar surface area (TPSA) is 12.0 Å². The van der Waals surface area contributed by atoms with Crippen molar-refractivity contribution in [2.24, 2.45) is 0 Å². The second-order valence-electron chi connectivity index (χ2n) is 4.78. The van der Waals surface area contributed by atoms with E-state index >= 15 is 0 Å². The van der Waals surface area contributed by atoms with Gasteiger partial charge < -0.3 is 5.32 Å². The molecular weight excluding hydrogens is 237 g/mol. The molecule has 1 nitrogen and oxygen atoms in total. The molecule has 0 spiro atoms. The zero-order valence-corrected chi connectivity index (χ0v) is 11.4. The summed E-state index contributed by atoms with van der Waals surface area (Å²) in [5, 5.41) is 3.50. The summed E-state index contributed by atoms with van der Waals surface area (Å²) < 4.78 is 13.8. The molecule has 2 unspecified atom stereocenters. The normalized spacial score (nSPS) is 14.1. The third-order valence-corrected chi connectivity index (χ3v) is 3.44. The van der Waals surface area contributed by atoms with Crippen molar-refractivity contribution in [1.29, 1.82) is 0 Å². The van der Waals surface area contributed by atoms with Crippen LogP contribution >= 0.6 is 0 Å². The highest BCUT2D eigenvalue weighted by atomic mass is 19.1. The lowest BCUT2D eigenvalue weighted by molar-refractivity contribution is 0.439. The fourth-order valence-corrected chi connectivity index (χ4v) is 2.32. The maximum Gasteiger partial charge on any atom is 0.127 e. The smallest absolute Gasteiger partial charge is 0.127 e. The van der Waals surface area contributed by atoms with Crippen molar-refractivity contribution in [3.63, 3.8) is 0 Å². The predicted octanol–water partition coefficient (Wildman–Crippen LogP) is 4.63. The fourth-order valence-electron chi connectivity index (χ4n) is 2.32. The van der Waals surface area contributed by atoms with Gasteiger partial charge in [0.25, 0.3) is 0 Å². The van der Waals surface area contributed by atoms with Crippen LogP contribution in [0.5, 0.6) is 0 Å². The molecule has 2 rings (SSSR count). The Morgan fingerprint density at radius 3 is 2.26 bits per heavy atom. The van der Waals surface area contributed by atoms with Gasteiger partial charge in [-0.05, 0) is 25.0 Å². The summed E-state index contributed by atoms with van der Waals surface area (Å²) in [4.78, 5) is 0. The van der Waals surface area contributed by atoms with Crippen LogP contribution in [0.25, 0.3) is 0 Å². The molecule has 0 aliphatic carbocycles. The molecule has 0 amide bonds. The summed E-state index contributed by atoms with van der Waals surface area (Å²) in [6, 6.07) is 17.5. The molecular formula is C17H20FN. The number of benzene rings is 2. The van der Waals surface area contributed by atoms with Crippen LogP contribution in [0, 0.1) is 5.82 Å². The van der Waals surface area contributed by atoms with Gasteiger partial charge in [0.15, 0.2) is 0 Å². The van der Waals surface area contributed by atoms with Gasteiger partial charge in [0, 0.05) is 17.6 Å². The third-order valence-electron chi connectivity index (χ3n) is 3.44. The molecule has 0 aliphatic heterocycles. The zero-order chi connectivity index (χ0) is 13.7. The van der Waals surface area contributed by atoms with Crippen LogP contribution in [0.3, 0.4) is 0 Å². The molecule has 2 heteroatoms. The first kappa shape index (κ1) is 13.8. The van der Waals surface area contributed by atoms with Gasteiger partial charge in [-0.2, -0.15) is 0 Å². The molecule has 2 atom stereocenters. The Kier molecular flexibility index (Phi) is 4.69. The average Bonchev–Trinajstić information content (AvgIpc) is 2.46. The molecule has 1 N–H and O–H groups in total. The molecule has 100 valence electrons. The van der Waals surface area contributed by atoms with E-state index < -0.39 is 0 Å². The summed E-state index contributed by atoms with van der Waals surface area (Å²) in [7, 11) is 0. The van der Waals surface area contributed by atoms with Crippen LogP contribution in [0.4, 0.5) is 4.39 Å². The fraction of sp³-hybridized carbons (Fsp3) is 0.294. The van der Waals surface area contributed by atoms with E-state index in [0.29, 0.717) is 0 Å². The van der Waals surface area contributed by atoms with Crippen LogP contribution < -0.4 is 5.32 Å². The quantitative estimate of drug-likeness (QED) is 0.823. The van der Waals surface area contributed by atoms with E-state index in [2.05, 4.69) is 31.3 Å². The van der Waals surface area contributed by atoms with E-state index in [0.717, 1.165) is 12.0 Å². The number of halogens is 1. The van der Waals surface area contributed by atoms with Crippen molar-refractivity contribution >= 4 is 0 Å². The minimum absolute atomic E-state index is 0.0383. The van der Waals surface area contributed by atoms with Gasteiger partial charge in [0.2, 0.25) is 0 Å². The van der Waals surface area contributed by atoms with E-state index in [4.69, 9.17) is 0 Å². The van der Waals surface area contributed by atoms with E-state index in [1.807, 2.05) is 30.3 Å². The standard InChI is InChI=1S/C17H20FN/c1-3-17(15-11-7-8-12-16(15)18)19-13(2)14-9-5-4-6-10-14/h4-13,17,19H,3H2,1-2H3. The average molecular weight is 257 g/mol. The van der Waals surface area contributed by atoms with E-state index in [1.165, 1.54) is 11.6 Å². The number of nitrogens with one attached hydrogen (secondary N) is 1. The second-order valence-corrected chi connectivity index (χ2v) is 4.78. The Labute approximate surface area is 114 Å². The Bertz CT molecular complexity index is 510. The minimum atomic E-state index is -0.137. The summed E-state index contributed by atoms with van der Waals surface area (Å²) in [6.07, 6.45) is 0.859. The highest BCUT2D eigenvalue weighted by Crippen LogP contribution is 2.23. The van der Waals surface area contributed by atoms with Gasteiger partial charge in [-0.25, -0.2) is 4.39 Å². The summed E-state index contributed by atoms with van der Waals surface area (Å²) in [5.74, 6) is -0.137. The van der Waals surface area contributed by atoms with Gasteiger partial charge in [0.1, 0.15) is 5.82 Å². The lowest BCUT2D eigenvalue weighted by Crippen LogP contribution is -2.25. The molecule has 0 aromatic heterocycles. The lowest BCUT2D eigenvalue weighted by atomic mass is 10.0.